The molecule has 6 N–H and O–H groups in total. The van der Waals surface area contributed by atoms with Crippen LogP contribution in [0, 0.1) is 10.1 Å². The SMILES string of the molecule is NC(N)=NC(CC[C@H](NC(=O)CCC(=O)O)C(=O)OCc1ccccc1)[N+](=O)[O-]. The number of nitrogens with one attached hydrogen (secondary N) is 1. The largest absolute Gasteiger partial charge is 0.481 e. The van der Waals surface area contributed by atoms with Crippen LogP contribution in [0.15, 0.2) is 35.3 Å². The van der Waals surface area contributed by atoms with E-state index < -0.39 is 47.4 Å². The fourth-order valence-electron chi connectivity index (χ4n) is 2.27. The van der Waals surface area contributed by atoms with Gasteiger partial charge in [0.1, 0.15) is 12.6 Å². The van der Waals surface area contributed by atoms with Crippen molar-refractivity contribution in [2.45, 2.75) is 44.5 Å². The van der Waals surface area contributed by atoms with Gasteiger partial charge in [0.25, 0.3) is 0 Å². The molecule has 0 aliphatic heterocycles. The summed E-state index contributed by atoms with van der Waals surface area (Å²) in [4.78, 5) is 48.7. The zero-order valence-electron chi connectivity index (χ0n) is 15.5. The molecule has 1 aromatic rings. The Hall–Kier alpha value is -3.70. The number of hydrogen-bond acceptors (Lipinski definition) is 7. The van der Waals surface area contributed by atoms with Crippen LogP contribution in [0.2, 0.25) is 0 Å². The number of carbonyl (C=O) groups excluding carboxylic acids is 2. The minimum atomic E-state index is -1.50. The van der Waals surface area contributed by atoms with Crippen molar-refractivity contribution in [1.82, 2.24) is 5.32 Å². The Morgan fingerprint density at radius 1 is 1.17 bits per heavy atom. The Kier molecular flexibility index (Phi) is 9.57. The third-order valence-corrected chi connectivity index (χ3v) is 3.66. The fraction of sp³-hybridized carbons (Fsp3) is 0.412. The van der Waals surface area contributed by atoms with Crippen molar-refractivity contribution in [1.29, 1.82) is 0 Å². The molecule has 2 atom stereocenters. The molecule has 0 saturated carbocycles. The maximum Gasteiger partial charge on any atom is 0.328 e. The molecule has 12 heteroatoms. The predicted molar refractivity (Wildman–Crippen MR) is 101 cm³/mol. The first-order valence-electron chi connectivity index (χ1n) is 8.63. The topological polar surface area (TPSA) is 200 Å². The summed E-state index contributed by atoms with van der Waals surface area (Å²) in [5.74, 6) is -3.18. The molecule has 1 rings (SSSR count). The molecule has 0 spiro atoms. The van der Waals surface area contributed by atoms with Gasteiger partial charge < -0.3 is 26.6 Å². The number of rotatable bonds is 12. The Balaban J connectivity index is 2.79. The van der Waals surface area contributed by atoms with Gasteiger partial charge in [-0.15, -0.1) is 0 Å². The molecule has 0 radical (unpaired) electrons. The Bertz CT molecular complexity index is 750. The van der Waals surface area contributed by atoms with Crippen LogP contribution in [0.1, 0.15) is 31.2 Å². The van der Waals surface area contributed by atoms with Crippen molar-refractivity contribution in [3.8, 4) is 0 Å². The molecule has 1 unspecified atom stereocenters. The fourth-order valence-corrected chi connectivity index (χ4v) is 2.27. The number of benzene rings is 1. The van der Waals surface area contributed by atoms with Crippen molar-refractivity contribution < 1.29 is 29.2 Å². The monoisotopic (exact) mass is 409 g/mol. The summed E-state index contributed by atoms with van der Waals surface area (Å²) in [7, 11) is 0. The molecule has 0 aliphatic rings. The first-order chi connectivity index (χ1) is 13.7. The van der Waals surface area contributed by atoms with Crippen molar-refractivity contribution in [2.24, 2.45) is 16.5 Å². The molecule has 0 aromatic heterocycles. The third kappa shape index (κ3) is 9.70. The van der Waals surface area contributed by atoms with E-state index in [2.05, 4.69) is 10.3 Å². The first kappa shape index (κ1) is 23.3. The summed E-state index contributed by atoms with van der Waals surface area (Å²) in [6.45, 7) is -0.0618. The van der Waals surface area contributed by atoms with Gasteiger partial charge in [-0.25, -0.2) is 4.79 Å². The number of amides is 1. The van der Waals surface area contributed by atoms with Gasteiger partial charge in [-0.05, 0) is 12.0 Å². The predicted octanol–water partition coefficient (Wildman–Crippen LogP) is -0.264. The van der Waals surface area contributed by atoms with E-state index in [-0.39, 0.29) is 25.9 Å². The number of nitrogens with zero attached hydrogens (tertiary/aromatic N) is 2. The summed E-state index contributed by atoms with van der Waals surface area (Å²) in [6, 6.07) is 7.54. The van der Waals surface area contributed by atoms with E-state index >= 15 is 0 Å². The van der Waals surface area contributed by atoms with Crippen LogP contribution in [0.5, 0.6) is 0 Å². The highest BCUT2D eigenvalue weighted by Crippen LogP contribution is 2.10. The zero-order valence-corrected chi connectivity index (χ0v) is 15.5. The lowest BCUT2D eigenvalue weighted by Crippen LogP contribution is -2.42. The quantitative estimate of drug-likeness (QED) is 0.118. The second-order valence-electron chi connectivity index (χ2n) is 6.00. The van der Waals surface area contributed by atoms with E-state index in [1.807, 2.05) is 0 Å². The van der Waals surface area contributed by atoms with Crippen LogP contribution in [0.3, 0.4) is 0 Å². The minimum absolute atomic E-state index is 0.0618. The van der Waals surface area contributed by atoms with Crippen LogP contribution in [0.4, 0.5) is 0 Å². The average molecular weight is 409 g/mol. The zero-order chi connectivity index (χ0) is 21.8. The van der Waals surface area contributed by atoms with Gasteiger partial charge in [0, 0.05) is 17.8 Å². The number of nitrogens with two attached hydrogens (primary N) is 2. The van der Waals surface area contributed by atoms with E-state index in [1.54, 1.807) is 30.3 Å². The lowest BCUT2D eigenvalue weighted by atomic mass is 10.1. The van der Waals surface area contributed by atoms with E-state index in [9.17, 15) is 24.5 Å². The highest BCUT2D eigenvalue weighted by molar-refractivity contribution is 5.86. The number of aliphatic carboxylic acids is 1. The first-order valence-corrected chi connectivity index (χ1v) is 8.63. The van der Waals surface area contributed by atoms with Gasteiger partial charge in [-0.3, -0.25) is 19.7 Å². The number of esters is 1. The van der Waals surface area contributed by atoms with Crippen molar-refractivity contribution >= 4 is 23.8 Å². The van der Waals surface area contributed by atoms with Gasteiger partial charge in [-0.1, -0.05) is 30.3 Å². The summed E-state index contributed by atoms with van der Waals surface area (Å²) in [5.41, 5.74) is 11.0. The lowest BCUT2D eigenvalue weighted by Gasteiger charge is -2.18. The average Bonchev–Trinajstić information content (AvgIpc) is 2.66. The lowest BCUT2D eigenvalue weighted by molar-refractivity contribution is -0.521. The normalized spacial score (nSPS) is 12.3. The molecule has 1 aromatic carbocycles. The number of carboxylic acid groups (broad SMARTS) is 1. The van der Waals surface area contributed by atoms with Gasteiger partial charge in [0.2, 0.25) is 5.91 Å². The van der Waals surface area contributed by atoms with Crippen LogP contribution >= 0.6 is 0 Å². The number of nitro groups is 1. The molecular weight excluding hydrogens is 386 g/mol. The maximum atomic E-state index is 12.4. The third-order valence-electron chi connectivity index (χ3n) is 3.66. The molecule has 29 heavy (non-hydrogen) atoms. The van der Waals surface area contributed by atoms with Gasteiger partial charge >= 0.3 is 18.1 Å². The van der Waals surface area contributed by atoms with Gasteiger partial charge in [-0.2, -0.15) is 4.99 Å². The molecule has 0 saturated heterocycles. The summed E-state index contributed by atoms with van der Waals surface area (Å²) >= 11 is 0. The van der Waals surface area contributed by atoms with Crippen LogP contribution in [0.25, 0.3) is 0 Å². The van der Waals surface area contributed by atoms with E-state index in [1.165, 1.54) is 0 Å². The molecule has 0 aliphatic carbocycles. The van der Waals surface area contributed by atoms with E-state index in [0.29, 0.717) is 5.56 Å². The Morgan fingerprint density at radius 3 is 2.38 bits per heavy atom. The Morgan fingerprint density at radius 2 is 1.83 bits per heavy atom. The molecule has 12 nitrogen and oxygen atoms in total. The second-order valence-corrected chi connectivity index (χ2v) is 6.00. The minimum Gasteiger partial charge on any atom is -0.481 e. The number of aliphatic imine (C=N–C) groups is 1. The molecule has 0 bridgehead atoms. The highest BCUT2D eigenvalue weighted by Gasteiger charge is 2.27. The number of hydrogen-bond donors (Lipinski definition) is 4. The number of guanidine groups is 1. The van der Waals surface area contributed by atoms with Crippen molar-refractivity contribution in [3.05, 3.63) is 46.0 Å². The molecular formula is C17H23N5O7. The smallest absolute Gasteiger partial charge is 0.328 e. The number of carboxylic acids is 1. The van der Waals surface area contributed by atoms with Crippen LogP contribution in [-0.2, 0) is 25.7 Å². The Labute approximate surface area is 166 Å². The van der Waals surface area contributed by atoms with Crippen molar-refractivity contribution in [3.63, 3.8) is 0 Å². The summed E-state index contributed by atoms with van der Waals surface area (Å²) in [5, 5.41) is 22.0. The highest BCUT2D eigenvalue weighted by atomic mass is 16.6. The number of carbonyl (C=O) groups is 3. The van der Waals surface area contributed by atoms with Crippen molar-refractivity contribution in [2.75, 3.05) is 0 Å². The molecule has 0 heterocycles. The molecule has 1 amide bonds. The second kappa shape index (κ2) is 11.9. The summed E-state index contributed by atoms with van der Waals surface area (Å²) in [6.07, 6.45) is -2.72. The van der Waals surface area contributed by atoms with Gasteiger partial charge in [0.05, 0.1) is 6.42 Å². The number of ether oxygens (including phenoxy) is 1. The summed E-state index contributed by atoms with van der Waals surface area (Å²) < 4.78 is 5.17. The standard InChI is InChI=1S/C17H23N5O7/c18-17(19)21-13(22(27)28)7-6-12(20-14(23)8-9-15(24)25)16(26)29-10-11-4-2-1-3-5-11/h1-5,12-13H,6-10H2,(H,20,23)(H,24,25)(H4,18,19,21)/t12-,13?/m0/s1. The van der Waals surface area contributed by atoms with E-state index in [0.717, 1.165) is 0 Å². The van der Waals surface area contributed by atoms with Gasteiger partial charge in [0.15, 0.2) is 5.96 Å². The molecule has 0 fully saturated rings. The van der Waals surface area contributed by atoms with E-state index in [4.69, 9.17) is 21.3 Å². The van der Waals surface area contributed by atoms with Crippen LogP contribution in [-0.4, -0.2) is 46.0 Å². The van der Waals surface area contributed by atoms with Crippen LogP contribution < -0.4 is 16.8 Å². The molecule has 158 valence electrons. The maximum absolute atomic E-state index is 12.4.